The quantitative estimate of drug-likeness (QED) is 0.908. The number of rotatable bonds is 2. The number of carbonyl (C=O) groups is 1. The summed E-state index contributed by atoms with van der Waals surface area (Å²) in [5.74, 6) is -0.143. The molecule has 0 spiro atoms. The fourth-order valence-electron chi connectivity index (χ4n) is 2.11. The van der Waals surface area contributed by atoms with Gasteiger partial charge < -0.3 is 9.84 Å². The van der Waals surface area contributed by atoms with Crippen LogP contribution in [0, 0.1) is 6.92 Å². The maximum Gasteiger partial charge on any atom is 0.335 e. The summed E-state index contributed by atoms with van der Waals surface area (Å²) in [7, 11) is 0. The number of ether oxygens (including phenoxy) is 1. The van der Waals surface area contributed by atoms with Gasteiger partial charge in [0.25, 0.3) is 0 Å². The number of hydrogen-bond acceptors (Lipinski definition) is 3. The lowest BCUT2D eigenvalue weighted by atomic mass is 10.1. The molecule has 1 heterocycles. The zero-order chi connectivity index (χ0) is 14.1. The Kier molecular flexibility index (Phi) is 2.99. The van der Waals surface area contributed by atoms with Crippen molar-refractivity contribution in [2.75, 3.05) is 6.61 Å². The van der Waals surface area contributed by atoms with Crippen molar-refractivity contribution in [2.24, 2.45) is 4.99 Å². The molecule has 1 aliphatic rings. The van der Waals surface area contributed by atoms with Crippen LogP contribution >= 0.6 is 0 Å². The lowest BCUT2D eigenvalue weighted by Crippen LogP contribution is -2.16. The highest BCUT2D eigenvalue weighted by atomic mass is 16.5. The molecule has 0 radical (unpaired) electrons. The molecule has 0 aliphatic carbocycles. The summed E-state index contributed by atoms with van der Waals surface area (Å²) in [5.41, 5.74) is 3.88. The molecular weight excluding hydrogens is 254 g/mol. The summed E-state index contributed by atoms with van der Waals surface area (Å²) in [6, 6.07) is 12.5. The summed E-state index contributed by atoms with van der Waals surface area (Å²) in [6.45, 7) is 2.40. The largest absolute Gasteiger partial charge is 0.485 e. The SMILES string of the molecule is Cc1ccc2c(c1)OCC(c1ccc(C(=O)O)cc1)=N2. The summed E-state index contributed by atoms with van der Waals surface area (Å²) < 4.78 is 5.70. The van der Waals surface area contributed by atoms with Crippen molar-refractivity contribution in [1.29, 1.82) is 0 Å². The standard InChI is InChI=1S/C16H13NO3/c1-10-2-7-13-15(8-10)20-9-14(17-13)11-3-5-12(6-4-11)16(18)19/h2-8H,9H2,1H3,(H,18,19). The minimum atomic E-state index is -0.931. The number of aromatic carboxylic acids is 1. The van der Waals surface area contributed by atoms with Crippen molar-refractivity contribution < 1.29 is 14.6 Å². The summed E-state index contributed by atoms with van der Waals surface area (Å²) >= 11 is 0. The lowest BCUT2D eigenvalue weighted by molar-refractivity contribution is 0.0697. The maximum atomic E-state index is 10.8. The highest BCUT2D eigenvalue weighted by Gasteiger charge is 2.15. The van der Waals surface area contributed by atoms with E-state index >= 15 is 0 Å². The number of nitrogens with zero attached hydrogens (tertiary/aromatic N) is 1. The van der Waals surface area contributed by atoms with Gasteiger partial charge in [-0.15, -0.1) is 0 Å². The molecule has 20 heavy (non-hydrogen) atoms. The number of hydrogen-bond donors (Lipinski definition) is 1. The monoisotopic (exact) mass is 267 g/mol. The Hall–Kier alpha value is -2.62. The molecule has 100 valence electrons. The Morgan fingerprint density at radius 3 is 2.65 bits per heavy atom. The van der Waals surface area contributed by atoms with Crippen molar-refractivity contribution in [3.8, 4) is 5.75 Å². The van der Waals surface area contributed by atoms with Crippen molar-refractivity contribution in [3.05, 3.63) is 59.2 Å². The molecule has 0 fully saturated rings. The third-order valence-corrected chi connectivity index (χ3v) is 3.20. The zero-order valence-electron chi connectivity index (χ0n) is 11.0. The van der Waals surface area contributed by atoms with Gasteiger partial charge in [0.05, 0.1) is 11.3 Å². The van der Waals surface area contributed by atoms with Gasteiger partial charge in [0.15, 0.2) is 0 Å². The fourth-order valence-corrected chi connectivity index (χ4v) is 2.11. The molecular formula is C16H13NO3. The molecule has 4 heteroatoms. The molecule has 3 rings (SSSR count). The number of carboxylic acids is 1. The Morgan fingerprint density at radius 2 is 1.95 bits per heavy atom. The minimum absolute atomic E-state index is 0.266. The van der Waals surface area contributed by atoms with Crippen LogP contribution < -0.4 is 4.74 Å². The number of aliphatic imine (C=N–C) groups is 1. The molecule has 0 atom stereocenters. The third-order valence-electron chi connectivity index (χ3n) is 3.20. The van der Waals surface area contributed by atoms with Crippen LogP contribution in [-0.2, 0) is 0 Å². The van der Waals surface area contributed by atoms with Gasteiger partial charge in [-0.2, -0.15) is 0 Å². The highest BCUT2D eigenvalue weighted by Crippen LogP contribution is 2.32. The highest BCUT2D eigenvalue weighted by molar-refractivity contribution is 6.04. The Balaban J connectivity index is 1.95. The molecule has 0 saturated heterocycles. The molecule has 2 aromatic rings. The van der Waals surface area contributed by atoms with Gasteiger partial charge in [0, 0.05) is 0 Å². The van der Waals surface area contributed by atoms with E-state index in [1.54, 1.807) is 24.3 Å². The second-order valence-corrected chi connectivity index (χ2v) is 4.70. The van der Waals surface area contributed by atoms with Crippen LogP contribution in [0.15, 0.2) is 47.5 Å². The van der Waals surface area contributed by atoms with E-state index < -0.39 is 5.97 Å². The maximum absolute atomic E-state index is 10.8. The number of fused-ring (bicyclic) bond motifs is 1. The molecule has 0 aromatic heterocycles. The Labute approximate surface area is 116 Å². The van der Waals surface area contributed by atoms with E-state index in [0.29, 0.717) is 6.61 Å². The van der Waals surface area contributed by atoms with Crippen LogP contribution in [0.4, 0.5) is 5.69 Å². The van der Waals surface area contributed by atoms with E-state index in [1.165, 1.54) is 0 Å². The van der Waals surface area contributed by atoms with Crippen LogP contribution in [0.5, 0.6) is 5.75 Å². The average molecular weight is 267 g/mol. The Bertz CT molecular complexity index is 702. The molecule has 4 nitrogen and oxygen atoms in total. The van der Waals surface area contributed by atoms with Crippen LogP contribution in [0.25, 0.3) is 0 Å². The van der Waals surface area contributed by atoms with Gasteiger partial charge in [-0.05, 0) is 42.3 Å². The zero-order valence-corrected chi connectivity index (χ0v) is 11.0. The average Bonchev–Trinajstić information content (AvgIpc) is 2.47. The Morgan fingerprint density at radius 1 is 1.20 bits per heavy atom. The summed E-state index contributed by atoms with van der Waals surface area (Å²) in [4.78, 5) is 15.4. The van der Waals surface area contributed by atoms with Crippen LogP contribution in [0.2, 0.25) is 0 Å². The van der Waals surface area contributed by atoms with Crippen molar-refractivity contribution >= 4 is 17.4 Å². The number of aryl methyl sites for hydroxylation is 1. The van der Waals surface area contributed by atoms with Gasteiger partial charge in [0.2, 0.25) is 0 Å². The van der Waals surface area contributed by atoms with Crippen molar-refractivity contribution in [1.82, 2.24) is 0 Å². The molecule has 0 saturated carbocycles. The van der Waals surface area contributed by atoms with Crippen molar-refractivity contribution in [3.63, 3.8) is 0 Å². The first kappa shape index (κ1) is 12.4. The first-order chi connectivity index (χ1) is 9.63. The molecule has 0 unspecified atom stereocenters. The van der Waals surface area contributed by atoms with E-state index in [-0.39, 0.29) is 5.56 Å². The van der Waals surface area contributed by atoms with E-state index in [2.05, 4.69) is 4.99 Å². The van der Waals surface area contributed by atoms with Crippen molar-refractivity contribution in [2.45, 2.75) is 6.92 Å². The normalized spacial score (nSPS) is 13.2. The third kappa shape index (κ3) is 2.28. The van der Waals surface area contributed by atoms with E-state index in [0.717, 1.165) is 28.3 Å². The molecule has 0 amide bonds. The van der Waals surface area contributed by atoms with Crippen LogP contribution in [0.1, 0.15) is 21.5 Å². The molecule has 1 N–H and O–H groups in total. The second-order valence-electron chi connectivity index (χ2n) is 4.70. The van der Waals surface area contributed by atoms with Crippen LogP contribution in [-0.4, -0.2) is 23.4 Å². The van der Waals surface area contributed by atoms with E-state index in [1.807, 2.05) is 25.1 Å². The molecule has 0 bridgehead atoms. The summed E-state index contributed by atoms with van der Waals surface area (Å²) in [6.07, 6.45) is 0. The smallest absolute Gasteiger partial charge is 0.335 e. The van der Waals surface area contributed by atoms with Gasteiger partial charge in [-0.25, -0.2) is 9.79 Å². The van der Waals surface area contributed by atoms with Gasteiger partial charge in [-0.1, -0.05) is 18.2 Å². The topological polar surface area (TPSA) is 58.9 Å². The second kappa shape index (κ2) is 4.81. The fraction of sp³-hybridized carbons (Fsp3) is 0.125. The molecule has 1 aliphatic heterocycles. The first-order valence-corrected chi connectivity index (χ1v) is 6.28. The van der Waals surface area contributed by atoms with Gasteiger partial charge in [0.1, 0.15) is 18.0 Å². The lowest BCUT2D eigenvalue weighted by Gasteiger charge is -2.17. The first-order valence-electron chi connectivity index (χ1n) is 6.28. The number of carboxylic acid groups (broad SMARTS) is 1. The van der Waals surface area contributed by atoms with Crippen LogP contribution in [0.3, 0.4) is 0 Å². The van der Waals surface area contributed by atoms with Gasteiger partial charge in [-0.3, -0.25) is 0 Å². The summed E-state index contributed by atoms with van der Waals surface area (Å²) in [5, 5.41) is 8.89. The predicted octanol–water partition coefficient (Wildman–Crippen LogP) is 3.21. The molecule has 2 aromatic carbocycles. The van der Waals surface area contributed by atoms with E-state index in [9.17, 15) is 4.79 Å². The van der Waals surface area contributed by atoms with Gasteiger partial charge >= 0.3 is 5.97 Å². The van der Waals surface area contributed by atoms with E-state index in [4.69, 9.17) is 9.84 Å². The predicted molar refractivity (Wildman–Crippen MR) is 76.3 cm³/mol. The number of benzene rings is 2. The minimum Gasteiger partial charge on any atom is -0.485 e.